The van der Waals surface area contributed by atoms with Crippen molar-refractivity contribution in [3.8, 4) is 0 Å². The highest BCUT2D eigenvalue weighted by atomic mass is 16.4. The van der Waals surface area contributed by atoms with Crippen LogP contribution in [-0.4, -0.2) is 71.7 Å². The lowest BCUT2D eigenvalue weighted by Gasteiger charge is -2.43. The molecular formula is C14H29N3O2. The lowest BCUT2D eigenvalue weighted by molar-refractivity contribution is -0.144. The molecule has 0 aliphatic carbocycles. The van der Waals surface area contributed by atoms with Gasteiger partial charge in [-0.2, -0.15) is 0 Å². The maximum absolute atomic E-state index is 11.4. The molecule has 2 N–H and O–H groups in total. The molecule has 1 heterocycles. The number of likely N-dealkylation sites (N-methyl/N-ethyl adjacent to an activating group) is 2. The van der Waals surface area contributed by atoms with Gasteiger partial charge in [-0.15, -0.1) is 0 Å². The van der Waals surface area contributed by atoms with Crippen molar-refractivity contribution < 1.29 is 9.90 Å². The fraction of sp³-hybridized carbons (Fsp3) is 0.929. The van der Waals surface area contributed by atoms with E-state index in [4.69, 9.17) is 0 Å². The zero-order chi connectivity index (χ0) is 14.6. The molecule has 3 atom stereocenters. The second-order valence-corrected chi connectivity index (χ2v) is 6.04. The van der Waals surface area contributed by atoms with Crippen LogP contribution in [0.1, 0.15) is 34.1 Å². The lowest BCUT2D eigenvalue weighted by Crippen LogP contribution is -2.57. The first-order valence-electron chi connectivity index (χ1n) is 7.23. The van der Waals surface area contributed by atoms with Crippen LogP contribution in [0.15, 0.2) is 0 Å². The van der Waals surface area contributed by atoms with E-state index in [9.17, 15) is 9.90 Å². The molecule has 112 valence electrons. The van der Waals surface area contributed by atoms with E-state index in [1.165, 1.54) is 0 Å². The van der Waals surface area contributed by atoms with Gasteiger partial charge in [0.1, 0.15) is 5.54 Å². The predicted molar refractivity (Wildman–Crippen MR) is 77.5 cm³/mol. The summed E-state index contributed by atoms with van der Waals surface area (Å²) >= 11 is 0. The molecule has 0 spiro atoms. The second-order valence-electron chi connectivity index (χ2n) is 6.04. The molecule has 19 heavy (non-hydrogen) atoms. The first-order chi connectivity index (χ1) is 8.80. The van der Waals surface area contributed by atoms with Crippen LogP contribution in [0.2, 0.25) is 0 Å². The van der Waals surface area contributed by atoms with Gasteiger partial charge < -0.3 is 15.3 Å². The summed E-state index contributed by atoms with van der Waals surface area (Å²) in [6.45, 7) is 11.7. The zero-order valence-electron chi connectivity index (χ0n) is 12.9. The molecule has 1 aliphatic rings. The Balaban J connectivity index is 2.53. The fourth-order valence-electron chi connectivity index (χ4n) is 2.74. The maximum atomic E-state index is 11.4. The first kappa shape index (κ1) is 16.4. The van der Waals surface area contributed by atoms with E-state index >= 15 is 0 Å². The Labute approximate surface area is 117 Å². The summed E-state index contributed by atoms with van der Waals surface area (Å²) in [5.41, 5.74) is -0.815. The SMILES string of the molecule is CCNC(C)(CCN1CC(C)N(C)C(C)C1)C(=O)O. The number of aliphatic carboxylic acids is 1. The summed E-state index contributed by atoms with van der Waals surface area (Å²) in [5.74, 6) is -0.760. The molecule has 1 aliphatic heterocycles. The van der Waals surface area contributed by atoms with Crippen LogP contribution in [0.4, 0.5) is 0 Å². The van der Waals surface area contributed by atoms with Crippen LogP contribution < -0.4 is 5.32 Å². The number of carboxylic acid groups (broad SMARTS) is 1. The number of hydrogen-bond donors (Lipinski definition) is 2. The van der Waals surface area contributed by atoms with Gasteiger partial charge in [-0.1, -0.05) is 6.92 Å². The van der Waals surface area contributed by atoms with E-state index in [1.54, 1.807) is 6.92 Å². The van der Waals surface area contributed by atoms with Crippen molar-refractivity contribution in [1.29, 1.82) is 0 Å². The third-order valence-electron chi connectivity index (χ3n) is 4.40. The van der Waals surface area contributed by atoms with E-state index in [0.717, 1.165) is 19.6 Å². The second kappa shape index (κ2) is 6.68. The average Bonchev–Trinajstić information content (AvgIpc) is 2.33. The van der Waals surface area contributed by atoms with Gasteiger partial charge in [0.15, 0.2) is 0 Å². The molecule has 5 heteroatoms. The van der Waals surface area contributed by atoms with E-state index in [0.29, 0.717) is 25.0 Å². The summed E-state index contributed by atoms with van der Waals surface area (Å²) in [6.07, 6.45) is 0.638. The van der Waals surface area contributed by atoms with Gasteiger partial charge in [0, 0.05) is 31.7 Å². The molecule has 1 saturated heterocycles. The lowest BCUT2D eigenvalue weighted by atomic mass is 9.97. The Bertz CT molecular complexity index is 299. The van der Waals surface area contributed by atoms with Crippen molar-refractivity contribution in [3.05, 3.63) is 0 Å². The van der Waals surface area contributed by atoms with Gasteiger partial charge in [0.05, 0.1) is 0 Å². The molecule has 0 radical (unpaired) electrons. The summed E-state index contributed by atoms with van der Waals surface area (Å²) in [6, 6.07) is 1.05. The van der Waals surface area contributed by atoms with Crippen LogP contribution in [0.3, 0.4) is 0 Å². The van der Waals surface area contributed by atoms with Crippen LogP contribution in [0.5, 0.6) is 0 Å². The zero-order valence-corrected chi connectivity index (χ0v) is 12.9. The highest BCUT2D eigenvalue weighted by Crippen LogP contribution is 2.16. The molecule has 0 aromatic rings. The Hall–Kier alpha value is -0.650. The smallest absolute Gasteiger partial charge is 0.323 e. The molecule has 1 rings (SSSR count). The Morgan fingerprint density at radius 3 is 2.32 bits per heavy atom. The van der Waals surface area contributed by atoms with E-state index in [2.05, 4.69) is 36.0 Å². The molecule has 5 nitrogen and oxygen atoms in total. The van der Waals surface area contributed by atoms with Gasteiger partial charge in [-0.3, -0.25) is 9.69 Å². The Morgan fingerprint density at radius 2 is 1.89 bits per heavy atom. The van der Waals surface area contributed by atoms with E-state index in [-0.39, 0.29) is 0 Å². The number of nitrogens with one attached hydrogen (secondary N) is 1. The van der Waals surface area contributed by atoms with E-state index < -0.39 is 11.5 Å². The molecular weight excluding hydrogens is 242 g/mol. The van der Waals surface area contributed by atoms with Crippen LogP contribution >= 0.6 is 0 Å². The number of carboxylic acids is 1. The third kappa shape index (κ3) is 4.16. The first-order valence-corrected chi connectivity index (χ1v) is 7.23. The molecule has 1 fully saturated rings. The van der Waals surface area contributed by atoms with Crippen molar-refractivity contribution in [2.75, 3.05) is 33.2 Å². The van der Waals surface area contributed by atoms with Gasteiger partial charge in [-0.05, 0) is 40.8 Å². The van der Waals surface area contributed by atoms with Gasteiger partial charge >= 0.3 is 5.97 Å². The monoisotopic (exact) mass is 271 g/mol. The predicted octanol–water partition coefficient (Wildman–Crippen LogP) is 0.854. The van der Waals surface area contributed by atoms with Crippen molar-refractivity contribution in [1.82, 2.24) is 15.1 Å². The van der Waals surface area contributed by atoms with Crippen LogP contribution in [0, 0.1) is 0 Å². The minimum absolute atomic E-state index is 0.527. The largest absolute Gasteiger partial charge is 0.480 e. The van der Waals surface area contributed by atoms with Crippen molar-refractivity contribution in [2.24, 2.45) is 0 Å². The average molecular weight is 271 g/mol. The van der Waals surface area contributed by atoms with Gasteiger partial charge in [-0.25, -0.2) is 0 Å². The number of nitrogens with zero attached hydrogens (tertiary/aromatic N) is 2. The number of carbonyl (C=O) groups is 1. The summed E-state index contributed by atoms with van der Waals surface area (Å²) in [4.78, 5) is 16.1. The van der Waals surface area contributed by atoms with Crippen molar-refractivity contribution in [2.45, 2.75) is 51.7 Å². The van der Waals surface area contributed by atoms with Crippen molar-refractivity contribution in [3.63, 3.8) is 0 Å². The maximum Gasteiger partial charge on any atom is 0.323 e. The van der Waals surface area contributed by atoms with E-state index in [1.807, 2.05) is 6.92 Å². The highest BCUT2D eigenvalue weighted by molar-refractivity contribution is 5.78. The third-order valence-corrected chi connectivity index (χ3v) is 4.40. The van der Waals surface area contributed by atoms with Gasteiger partial charge in [0.25, 0.3) is 0 Å². The summed E-state index contributed by atoms with van der Waals surface area (Å²) in [7, 11) is 2.16. The van der Waals surface area contributed by atoms with Crippen LogP contribution in [-0.2, 0) is 4.79 Å². The normalized spacial score (nSPS) is 29.1. The summed E-state index contributed by atoms with van der Waals surface area (Å²) in [5, 5.41) is 12.4. The summed E-state index contributed by atoms with van der Waals surface area (Å²) < 4.78 is 0. The Kier molecular flexibility index (Phi) is 5.77. The standard InChI is InChI=1S/C14H29N3O2/c1-6-15-14(4,13(18)19)7-8-17-9-11(2)16(5)12(3)10-17/h11-12,15H,6-10H2,1-5H3,(H,18,19). The molecule has 0 amide bonds. The molecule has 0 saturated carbocycles. The molecule has 3 unspecified atom stereocenters. The fourth-order valence-corrected chi connectivity index (χ4v) is 2.74. The number of piperazine rings is 1. The molecule has 0 aromatic heterocycles. The number of rotatable bonds is 6. The Morgan fingerprint density at radius 1 is 1.37 bits per heavy atom. The minimum Gasteiger partial charge on any atom is -0.480 e. The topological polar surface area (TPSA) is 55.8 Å². The highest BCUT2D eigenvalue weighted by Gasteiger charge is 2.34. The minimum atomic E-state index is -0.815. The molecule has 0 aromatic carbocycles. The van der Waals surface area contributed by atoms with Crippen molar-refractivity contribution >= 4 is 5.97 Å². The van der Waals surface area contributed by atoms with Gasteiger partial charge in [0.2, 0.25) is 0 Å². The quantitative estimate of drug-likeness (QED) is 0.750. The molecule has 0 bridgehead atoms. The van der Waals surface area contributed by atoms with Crippen LogP contribution in [0.25, 0.3) is 0 Å². The number of hydrogen-bond acceptors (Lipinski definition) is 4.